The Hall–Kier alpha value is -2.26. The SMILES string of the molecule is CCCC(CCC)n1nnc2c(Oc3c(Br)cc(C(C)(C)O)cc3OC)nc(C)nc21. The summed E-state index contributed by atoms with van der Waals surface area (Å²) in [4.78, 5) is 9.08. The number of fused-ring (bicyclic) bond motifs is 1. The quantitative estimate of drug-likeness (QED) is 0.424. The lowest BCUT2D eigenvalue weighted by atomic mass is 9.98. The lowest BCUT2D eigenvalue weighted by Crippen LogP contribution is -2.15. The Balaban J connectivity index is 2.09. The molecule has 0 bridgehead atoms. The molecule has 3 aromatic rings. The molecule has 31 heavy (non-hydrogen) atoms. The molecule has 0 aliphatic rings. The molecule has 0 saturated heterocycles. The number of methoxy groups -OCH3 is 1. The maximum absolute atomic E-state index is 10.4. The monoisotopic (exact) mass is 491 g/mol. The van der Waals surface area contributed by atoms with E-state index in [0.29, 0.717) is 44.4 Å². The molecule has 1 N–H and O–H groups in total. The number of hydrogen-bond donors (Lipinski definition) is 1. The Morgan fingerprint density at radius 3 is 2.42 bits per heavy atom. The minimum absolute atomic E-state index is 0.231. The molecule has 0 atom stereocenters. The van der Waals surface area contributed by atoms with Crippen molar-refractivity contribution in [1.82, 2.24) is 25.0 Å². The molecular formula is C22H30BrN5O3. The summed E-state index contributed by atoms with van der Waals surface area (Å²) in [5.41, 5.74) is 0.838. The van der Waals surface area contributed by atoms with Gasteiger partial charge in [-0.05, 0) is 67.2 Å². The van der Waals surface area contributed by atoms with Crippen molar-refractivity contribution in [2.24, 2.45) is 0 Å². The van der Waals surface area contributed by atoms with Gasteiger partial charge in [-0.25, -0.2) is 9.67 Å². The fourth-order valence-corrected chi connectivity index (χ4v) is 4.07. The average molecular weight is 492 g/mol. The third kappa shape index (κ3) is 4.98. The number of aryl methyl sites for hydroxylation is 1. The van der Waals surface area contributed by atoms with Crippen LogP contribution in [0.4, 0.5) is 0 Å². The Morgan fingerprint density at radius 1 is 1.16 bits per heavy atom. The highest BCUT2D eigenvalue weighted by Gasteiger charge is 2.24. The molecule has 0 aliphatic heterocycles. The molecule has 2 heterocycles. The second-order valence-electron chi connectivity index (χ2n) is 8.16. The molecule has 8 nitrogen and oxygen atoms in total. The molecule has 0 saturated carbocycles. The number of aliphatic hydroxyl groups is 1. The molecule has 0 aliphatic carbocycles. The molecule has 0 fully saturated rings. The van der Waals surface area contributed by atoms with Gasteiger partial charge in [-0.1, -0.05) is 31.9 Å². The van der Waals surface area contributed by atoms with Crippen molar-refractivity contribution in [3.05, 3.63) is 28.0 Å². The lowest BCUT2D eigenvalue weighted by molar-refractivity contribution is 0.0782. The molecule has 0 radical (unpaired) electrons. The van der Waals surface area contributed by atoms with E-state index < -0.39 is 5.60 Å². The summed E-state index contributed by atoms with van der Waals surface area (Å²) < 4.78 is 14.2. The van der Waals surface area contributed by atoms with Crippen LogP contribution in [0.3, 0.4) is 0 Å². The zero-order valence-corrected chi connectivity index (χ0v) is 20.5. The second-order valence-corrected chi connectivity index (χ2v) is 9.02. The number of nitrogens with zero attached hydrogens (tertiary/aromatic N) is 5. The van der Waals surface area contributed by atoms with E-state index in [4.69, 9.17) is 9.47 Å². The number of aromatic nitrogens is 5. The Labute approximate surface area is 191 Å². The van der Waals surface area contributed by atoms with Crippen LogP contribution in [0.25, 0.3) is 11.2 Å². The molecular weight excluding hydrogens is 462 g/mol. The minimum Gasteiger partial charge on any atom is -0.493 e. The second kappa shape index (κ2) is 9.48. The van der Waals surface area contributed by atoms with Crippen LogP contribution >= 0.6 is 15.9 Å². The summed E-state index contributed by atoms with van der Waals surface area (Å²) >= 11 is 3.54. The lowest BCUT2D eigenvalue weighted by Gasteiger charge is -2.21. The number of halogens is 1. The third-order valence-electron chi connectivity index (χ3n) is 5.13. The van der Waals surface area contributed by atoms with Gasteiger partial charge in [0, 0.05) is 0 Å². The van der Waals surface area contributed by atoms with Gasteiger partial charge in [0.2, 0.25) is 0 Å². The Morgan fingerprint density at radius 2 is 1.84 bits per heavy atom. The topological polar surface area (TPSA) is 95.2 Å². The van der Waals surface area contributed by atoms with Gasteiger partial charge in [-0.15, -0.1) is 5.10 Å². The van der Waals surface area contributed by atoms with Crippen molar-refractivity contribution in [2.75, 3.05) is 7.11 Å². The summed E-state index contributed by atoms with van der Waals surface area (Å²) in [6, 6.07) is 3.79. The normalized spacial score (nSPS) is 12.0. The van der Waals surface area contributed by atoms with Crippen LogP contribution in [0.1, 0.15) is 70.8 Å². The van der Waals surface area contributed by atoms with Crippen LogP contribution in [0.15, 0.2) is 16.6 Å². The summed E-state index contributed by atoms with van der Waals surface area (Å²) in [6.45, 7) is 9.58. The highest BCUT2D eigenvalue weighted by Crippen LogP contribution is 2.42. The van der Waals surface area contributed by atoms with E-state index in [0.717, 1.165) is 25.7 Å². The average Bonchev–Trinajstić information content (AvgIpc) is 3.12. The van der Waals surface area contributed by atoms with Crippen LogP contribution in [0, 0.1) is 6.92 Å². The number of ether oxygens (including phenoxy) is 2. The van der Waals surface area contributed by atoms with Crippen molar-refractivity contribution >= 4 is 27.1 Å². The van der Waals surface area contributed by atoms with Crippen LogP contribution in [0.5, 0.6) is 17.4 Å². The maximum atomic E-state index is 10.4. The molecule has 3 rings (SSSR count). The molecule has 9 heteroatoms. The maximum Gasteiger partial charge on any atom is 0.253 e. The van der Waals surface area contributed by atoms with E-state index in [1.165, 1.54) is 0 Å². The zero-order valence-electron chi connectivity index (χ0n) is 18.9. The number of rotatable bonds is 9. The van der Waals surface area contributed by atoms with E-state index in [1.807, 2.05) is 11.6 Å². The van der Waals surface area contributed by atoms with Gasteiger partial charge in [0.15, 0.2) is 22.7 Å². The van der Waals surface area contributed by atoms with E-state index in [1.54, 1.807) is 33.1 Å². The predicted molar refractivity (Wildman–Crippen MR) is 123 cm³/mol. The van der Waals surface area contributed by atoms with Crippen LogP contribution in [0.2, 0.25) is 0 Å². The van der Waals surface area contributed by atoms with Gasteiger partial charge >= 0.3 is 0 Å². The van der Waals surface area contributed by atoms with Gasteiger partial charge in [0.1, 0.15) is 5.82 Å². The van der Waals surface area contributed by atoms with Crippen molar-refractivity contribution < 1.29 is 14.6 Å². The van der Waals surface area contributed by atoms with Gasteiger partial charge in [0.25, 0.3) is 5.88 Å². The summed E-state index contributed by atoms with van der Waals surface area (Å²) in [6.07, 6.45) is 4.11. The van der Waals surface area contributed by atoms with Crippen LogP contribution in [-0.2, 0) is 5.60 Å². The first-order valence-corrected chi connectivity index (χ1v) is 11.4. The fourth-order valence-electron chi connectivity index (χ4n) is 3.55. The number of benzene rings is 1. The first kappa shape index (κ1) is 23.4. The van der Waals surface area contributed by atoms with Gasteiger partial charge in [-0.2, -0.15) is 4.98 Å². The summed E-state index contributed by atoms with van der Waals surface area (Å²) in [5, 5.41) is 19.1. The van der Waals surface area contributed by atoms with Crippen molar-refractivity contribution in [1.29, 1.82) is 0 Å². The zero-order chi connectivity index (χ0) is 22.8. The molecule has 0 spiro atoms. The van der Waals surface area contributed by atoms with Gasteiger partial charge in [-0.3, -0.25) is 0 Å². The molecule has 168 valence electrons. The molecule has 0 amide bonds. The highest BCUT2D eigenvalue weighted by molar-refractivity contribution is 9.10. The molecule has 2 aromatic heterocycles. The Bertz CT molecular complexity index is 1060. The summed E-state index contributed by atoms with van der Waals surface area (Å²) in [5.74, 6) is 1.80. The summed E-state index contributed by atoms with van der Waals surface area (Å²) in [7, 11) is 1.56. The standard InChI is InChI=1S/C22H30BrN5O3/c1-7-9-15(10-8-2)28-20-18(26-27-28)21(25-13(3)24-20)31-19-16(23)11-14(22(4,5)29)12-17(19)30-6/h11-12,15,29H,7-10H2,1-6H3. The largest absolute Gasteiger partial charge is 0.493 e. The minimum atomic E-state index is -1.02. The van der Waals surface area contributed by atoms with Crippen molar-refractivity contribution in [3.8, 4) is 17.4 Å². The molecule has 0 unspecified atom stereocenters. The van der Waals surface area contributed by atoms with Gasteiger partial charge in [0.05, 0.1) is 23.2 Å². The first-order chi connectivity index (χ1) is 14.7. The third-order valence-corrected chi connectivity index (χ3v) is 5.72. The van der Waals surface area contributed by atoms with Crippen molar-refractivity contribution in [2.45, 2.75) is 71.9 Å². The van der Waals surface area contributed by atoms with Crippen molar-refractivity contribution in [3.63, 3.8) is 0 Å². The first-order valence-electron chi connectivity index (χ1n) is 10.6. The van der Waals surface area contributed by atoms with E-state index in [2.05, 4.69) is 50.1 Å². The number of hydrogen-bond acceptors (Lipinski definition) is 7. The van der Waals surface area contributed by atoms with E-state index in [-0.39, 0.29) is 6.04 Å². The van der Waals surface area contributed by atoms with E-state index in [9.17, 15) is 5.11 Å². The Kier molecular flexibility index (Phi) is 7.16. The fraction of sp³-hybridized carbons (Fsp3) is 0.545. The predicted octanol–water partition coefficient (Wildman–Crippen LogP) is 5.46. The van der Waals surface area contributed by atoms with E-state index >= 15 is 0 Å². The van der Waals surface area contributed by atoms with Gasteiger partial charge < -0.3 is 14.6 Å². The smallest absolute Gasteiger partial charge is 0.253 e. The highest BCUT2D eigenvalue weighted by atomic mass is 79.9. The van der Waals surface area contributed by atoms with Crippen LogP contribution < -0.4 is 9.47 Å². The molecule has 1 aromatic carbocycles. The van der Waals surface area contributed by atoms with Crippen LogP contribution in [-0.4, -0.2) is 37.2 Å².